The van der Waals surface area contributed by atoms with Crippen molar-refractivity contribution in [3.63, 3.8) is 0 Å². The van der Waals surface area contributed by atoms with Gasteiger partial charge in [0.05, 0.1) is 7.11 Å². The van der Waals surface area contributed by atoms with Crippen LogP contribution in [-0.4, -0.2) is 7.11 Å². The minimum Gasteiger partial charge on any atom is -0.496 e. The van der Waals surface area contributed by atoms with Crippen LogP contribution in [0.15, 0.2) is 24.3 Å². The first-order valence-corrected chi connectivity index (χ1v) is 4.88. The van der Waals surface area contributed by atoms with Gasteiger partial charge in [-0.05, 0) is 17.7 Å². The molecule has 2 aliphatic rings. The van der Waals surface area contributed by atoms with E-state index in [4.69, 9.17) is 21.1 Å². The van der Waals surface area contributed by atoms with Gasteiger partial charge < -0.3 is 9.47 Å². The first kappa shape index (κ1) is 8.33. The summed E-state index contributed by atoms with van der Waals surface area (Å²) in [4.78, 5) is 0. The molecule has 0 spiro atoms. The van der Waals surface area contributed by atoms with Gasteiger partial charge in [-0.15, -0.1) is 0 Å². The Bertz CT molecular complexity index is 426. The van der Waals surface area contributed by atoms with E-state index in [1.807, 2.05) is 12.1 Å². The van der Waals surface area contributed by atoms with Crippen LogP contribution < -0.4 is 4.74 Å². The van der Waals surface area contributed by atoms with Crippen LogP contribution in [-0.2, 0) is 4.74 Å². The number of hydrogen-bond acceptors (Lipinski definition) is 2. The molecule has 0 fully saturated rings. The first-order chi connectivity index (χ1) is 6.79. The van der Waals surface area contributed by atoms with E-state index in [-0.39, 0.29) is 12.2 Å². The quantitative estimate of drug-likeness (QED) is 0.661. The molecule has 0 N–H and O–H groups in total. The minimum atomic E-state index is 0.0576. The Kier molecular flexibility index (Phi) is 1.64. The Morgan fingerprint density at radius 2 is 2.07 bits per heavy atom. The summed E-state index contributed by atoms with van der Waals surface area (Å²) in [6, 6.07) is 3.78. The van der Waals surface area contributed by atoms with Crippen molar-refractivity contribution >= 4 is 11.6 Å². The zero-order valence-electron chi connectivity index (χ0n) is 7.66. The van der Waals surface area contributed by atoms with Crippen LogP contribution in [0.3, 0.4) is 0 Å². The van der Waals surface area contributed by atoms with Crippen LogP contribution in [0.25, 0.3) is 0 Å². The van der Waals surface area contributed by atoms with E-state index in [1.54, 1.807) is 7.11 Å². The van der Waals surface area contributed by atoms with Gasteiger partial charge in [-0.3, -0.25) is 0 Å². The predicted molar refractivity (Wildman–Crippen MR) is 53.7 cm³/mol. The topological polar surface area (TPSA) is 18.5 Å². The van der Waals surface area contributed by atoms with Gasteiger partial charge in [0.25, 0.3) is 0 Å². The lowest BCUT2D eigenvalue weighted by molar-refractivity contribution is 0.0870. The second-order valence-electron chi connectivity index (χ2n) is 3.47. The van der Waals surface area contributed by atoms with Crippen molar-refractivity contribution in [3.8, 4) is 5.75 Å². The molecule has 0 saturated carbocycles. The average molecular weight is 209 g/mol. The molecule has 2 unspecified atom stereocenters. The van der Waals surface area contributed by atoms with Crippen LogP contribution in [0.5, 0.6) is 5.75 Å². The van der Waals surface area contributed by atoms with Crippen molar-refractivity contribution in [1.82, 2.24) is 0 Å². The largest absolute Gasteiger partial charge is 0.496 e. The van der Waals surface area contributed by atoms with Crippen molar-refractivity contribution < 1.29 is 9.47 Å². The molecule has 3 rings (SSSR count). The third-order valence-electron chi connectivity index (χ3n) is 2.70. The van der Waals surface area contributed by atoms with Crippen LogP contribution >= 0.6 is 11.6 Å². The third kappa shape index (κ3) is 0.954. The fourth-order valence-electron chi connectivity index (χ4n) is 2.11. The van der Waals surface area contributed by atoms with Gasteiger partial charge in [0.1, 0.15) is 18.0 Å². The van der Waals surface area contributed by atoms with Crippen molar-refractivity contribution in [2.24, 2.45) is 0 Å². The molecule has 2 heterocycles. The summed E-state index contributed by atoms with van der Waals surface area (Å²) in [5.41, 5.74) is 2.27. The Morgan fingerprint density at radius 1 is 1.29 bits per heavy atom. The van der Waals surface area contributed by atoms with Gasteiger partial charge in [-0.1, -0.05) is 23.8 Å². The number of fused-ring (bicyclic) bond motifs is 5. The van der Waals surface area contributed by atoms with Gasteiger partial charge >= 0.3 is 0 Å². The molecule has 0 aromatic heterocycles. The molecule has 72 valence electrons. The Morgan fingerprint density at radius 3 is 2.86 bits per heavy atom. The van der Waals surface area contributed by atoms with Gasteiger partial charge in [0.15, 0.2) is 0 Å². The smallest absolute Gasteiger partial charge is 0.126 e. The Balaban J connectivity index is 2.24. The van der Waals surface area contributed by atoms with Crippen LogP contribution in [0.4, 0.5) is 0 Å². The molecular formula is C11H9ClO2. The number of rotatable bonds is 1. The second-order valence-corrected chi connectivity index (χ2v) is 3.91. The zero-order chi connectivity index (χ0) is 9.71. The Hall–Kier alpha value is -0.990. The normalized spacial score (nSPS) is 26.7. The summed E-state index contributed by atoms with van der Waals surface area (Å²) in [5.74, 6) is 0.823. The summed E-state index contributed by atoms with van der Waals surface area (Å²) in [7, 11) is 1.65. The number of hydrogen-bond donors (Lipinski definition) is 0. The SMILES string of the molecule is COc1cc(Cl)cc2c1C1C=CC2O1. The molecule has 0 aliphatic carbocycles. The van der Waals surface area contributed by atoms with E-state index in [2.05, 4.69) is 12.2 Å². The highest BCUT2D eigenvalue weighted by Crippen LogP contribution is 2.50. The second kappa shape index (κ2) is 2.75. The molecular weight excluding hydrogens is 200 g/mol. The highest BCUT2D eigenvalue weighted by molar-refractivity contribution is 6.30. The lowest BCUT2D eigenvalue weighted by Crippen LogP contribution is -1.97. The molecule has 0 saturated heterocycles. The summed E-state index contributed by atoms with van der Waals surface area (Å²) in [6.45, 7) is 0. The number of ether oxygens (including phenoxy) is 2. The third-order valence-corrected chi connectivity index (χ3v) is 2.92. The predicted octanol–water partition coefficient (Wildman–Crippen LogP) is 3.03. The van der Waals surface area contributed by atoms with Crippen LogP contribution in [0.1, 0.15) is 23.3 Å². The molecule has 0 amide bonds. The summed E-state index contributed by atoms with van der Waals surface area (Å²) in [5, 5.41) is 0.699. The first-order valence-electron chi connectivity index (χ1n) is 4.50. The van der Waals surface area contributed by atoms with E-state index in [0.717, 1.165) is 16.9 Å². The molecule has 1 aromatic carbocycles. The lowest BCUT2D eigenvalue weighted by atomic mass is 9.96. The minimum absolute atomic E-state index is 0.0576. The van der Waals surface area contributed by atoms with E-state index in [1.165, 1.54) is 0 Å². The maximum Gasteiger partial charge on any atom is 0.126 e. The maximum absolute atomic E-state index is 5.98. The standard InChI is InChI=1S/C11H9ClO2/c1-13-10-5-6(12)4-7-8-2-3-9(14-8)11(7)10/h2-5,8-9H,1H3. The average Bonchev–Trinajstić information content (AvgIpc) is 2.76. The molecule has 0 radical (unpaired) electrons. The molecule has 1 aromatic rings. The molecule has 2 aliphatic heterocycles. The summed E-state index contributed by atoms with van der Waals surface area (Å²) >= 11 is 5.98. The van der Waals surface area contributed by atoms with Gasteiger partial charge in [0, 0.05) is 10.6 Å². The van der Waals surface area contributed by atoms with E-state index in [0.29, 0.717) is 5.02 Å². The highest BCUT2D eigenvalue weighted by atomic mass is 35.5. The summed E-state index contributed by atoms with van der Waals surface area (Å²) in [6.07, 6.45) is 4.25. The fourth-order valence-corrected chi connectivity index (χ4v) is 2.33. The lowest BCUT2D eigenvalue weighted by Gasteiger charge is -2.12. The Labute approximate surface area is 87.1 Å². The highest BCUT2D eigenvalue weighted by Gasteiger charge is 2.36. The number of halogens is 1. The summed E-state index contributed by atoms with van der Waals surface area (Å²) < 4.78 is 11.0. The van der Waals surface area contributed by atoms with Crippen molar-refractivity contribution in [1.29, 1.82) is 0 Å². The fraction of sp³-hybridized carbons (Fsp3) is 0.273. The number of benzene rings is 1. The number of methoxy groups -OCH3 is 1. The molecule has 2 bridgehead atoms. The van der Waals surface area contributed by atoms with Gasteiger partial charge in [-0.25, -0.2) is 0 Å². The van der Waals surface area contributed by atoms with E-state index in [9.17, 15) is 0 Å². The van der Waals surface area contributed by atoms with Crippen molar-refractivity contribution in [2.75, 3.05) is 7.11 Å². The molecule has 14 heavy (non-hydrogen) atoms. The molecule has 2 atom stereocenters. The van der Waals surface area contributed by atoms with E-state index >= 15 is 0 Å². The maximum atomic E-state index is 5.98. The monoisotopic (exact) mass is 208 g/mol. The van der Waals surface area contributed by atoms with Crippen molar-refractivity contribution in [2.45, 2.75) is 12.2 Å². The van der Waals surface area contributed by atoms with Gasteiger partial charge in [-0.2, -0.15) is 0 Å². The van der Waals surface area contributed by atoms with Crippen molar-refractivity contribution in [3.05, 3.63) is 40.4 Å². The molecule has 2 nitrogen and oxygen atoms in total. The zero-order valence-corrected chi connectivity index (χ0v) is 8.41. The van der Waals surface area contributed by atoms with E-state index < -0.39 is 0 Å². The van der Waals surface area contributed by atoms with Crippen LogP contribution in [0.2, 0.25) is 5.02 Å². The van der Waals surface area contributed by atoms with Crippen LogP contribution in [0, 0.1) is 0 Å². The van der Waals surface area contributed by atoms with Gasteiger partial charge in [0.2, 0.25) is 0 Å². The molecule has 3 heteroatoms.